The average molecular weight is 297 g/mol. The molecule has 4 nitrogen and oxygen atoms in total. The highest BCUT2D eigenvalue weighted by Crippen LogP contribution is 2.65. The van der Waals surface area contributed by atoms with Gasteiger partial charge < -0.3 is 10.4 Å². The molecule has 1 heterocycles. The SMILES string of the molecule is O=C(O)c1ccc2c(c1)[C@@]1(C[C@@H]1c1ccccc1F)C(=O)N2. The number of rotatable bonds is 2. The minimum absolute atomic E-state index is 0.133. The molecule has 4 rings (SSSR count). The van der Waals surface area contributed by atoms with E-state index in [2.05, 4.69) is 5.32 Å². The zero-order valence-electron chi connectivity index (χ0n) is 11.5. The number of carboxylic acid groups (broad SMARTS) is 1. The zero-order chi connectivity index (χ0) is 15.5. The molecule has 1 amide bonds. The third kappa shape index (κ3) is 1.56. The van der Waals surface area contributed by atoms with Crippen molar-refractivity contribution in [3.05, 3.63) is 65.0 Å². The summed E-state index contributed by atoms with van der Waals surface area (Å²) < 4.78 is 14.0. The van der Waals surface area contributed by atoms with Crippen LogP contribution in [0.1, 0.15) is 33.8 Å². The first-order valence-corrected chi connectivity index (χ1v) is 6.98. The molecule has 2 aromatic carbocycles. The van der Waals surface area contributed by atoms with E-state index in [1.54, 1.807) is 24.3 Å². The van der Waals surface area contributed by atoms with Crippen LogP contribution in [-0.2, 0) is 10.2 Å². The summed E-state index contributed by atoms with van der Waals surface area (Å²) in [4.78, 5) is 23.6. The van der Waals surface area contributed by atoms with Crippen LogP contribution in [0.2, 0.25) is 0 Å². The van der Waals surface area contributed by atoms with Crippen molar-refractivity contribution < 1.29 is 19.1 Å². The Morgan fingerprint density at radius 2 is 2.05 bits per heavy atom. The van der Waals surface area contributed by atoms with Crippen molar-refractivity contribution in [2.24, 2.45) is 0 Å². The van der Waals surface area contributed by atoms with Gasteiger partial charge in [0.2, 0.25) is 5.91 Å². The van der Waals surface area contributed by atoms with E-state index in [0.29, 0.717) is 23.2 Å². The van der Waals surface area contributed by atoms with Crippen molar-refractivity contribution in [1.29, 1.82) is 0 Å². The summed E-state index contributed by atoms with van der Waals surface area (Å²) in [5, 5.41) is 11.9. The molecule has 1 saturated carbocycles. The van der Waals surface area contributed by atoms with Crippen molar-refractivity contribution in [3.63, 3.8) is 0 Å². The van der Waals surface area contributed by atoms with Crippen molar-refractivity contribution in [2.45, 2.75) is 17.8 Å². The Hall–Kier alpha value is -2.69. The number of hydrogen-bond acceptors (Lipinski definition) is 2. The quantitative estimate of drug-likeness (QED) is 0.895. The van der Waals surface area contributed by atoms with Crippen LogP contribution in [-0.4, -0.2) is 17.0 Å². The first kappa shape index (κ1) is 13.0. The average Bonchev–Trinajstić information content (AvgIpc) is 3.17. The van der Waals surface area contributed by atoms with Gasteiger partial charge >= 0.3 is 5.97 Å². The van der Waals surface area contributed by atoms with E-state index in [1.807, 2.05) is 0 Å². The highest BCUT2D eigenvalue weighted by atomic mass is 19.1. The summed E-state index contributed by atoms with van der Waals surface area (Å²) in [6, 6.07) is 11.0. The number of carbonyl (C=O) groups is 2. The molecule has 1 aliphatic heterocycles. The smallest absolute Gasteiger partial charge is 0.335 e. The van der Waals surface area contributed by atoms with Crippen LogP contribution in [0.4, 0.5) is 10.1 Å². The third-order valence-electron chi connectivity index (χ3n) is 4.64. The van der Waals surface area contributed by atoms with Gasteiger partial charge in [-0.25, -0.2) is 9.18 Å². The van der Waals surface area contributed by atoms with E-state index in [9.17, 15) is 14.0 Å². The Balaban J connectivity index is 1.83. The lowest BCUT2D eigenvalue weighted by molar-refractivity contribution is -0.118. The lowest BCUT2D eigenvalue weighted by atomic mass is 9.91. The van der Waals surface area contributed by atoms with Crippen molar-refractivity contribution >= 4 is 17.6 Å². The van der Waals surface area contributed by atoms with E-state index in [0.717, 1.165) is 0 Å². The predicted octanol–water partition coefficient (Wildman–Crippen LogP) is 2.90. The van der Waals surface area contributed by atoms with Gasteiger partial charge in [0.1, 0.15) is 5.82 Å². The summed E-state index contributed by atoms with van der Waals surface area (Å²) in [6.45, 7) is 0. The normalized spacial score (nSPS) is 25.0. The highest BCUT2D eigenvalue weighted by molar-refractivity contribution is 6.10. The molecule has 0 radical (unpaired) electrons. The Kier molecular flexibility index (Phi) is 2.46. The number of aromatic carboxylic acids is 1. The second-order valence-corrected chi connectivity index (χ2v) is 5.77. The monoisotopic (exact) mass is 297 g/mol. The molecule has 0 bridgehead atoms. The Morgan fingerprint density at radius 1 is 1.27 bits per heavy atom. The third-order valence-corrected chi connectivity index (χ3v) is 4.64. The van der Waals surface area contributed by atoms with Gasteiger partial charge in [-0.05, 0) is 41.8 Å². The van der Waals surface area contributed by atoms with Crippen LogP contribution < -0.4 is 5.32 Å². The van der Waals surface area contributed by atoms with Crippen LogP contribution in [0, 0.1) is 5.82 Å². The van der Waals surface area contributed by atoms with Gasteiger partial charge in [0.05, 0.1) is 11.0 Å². The second kappa shape index (κ2) is 4.16. The molecule has 1 aliphatic carbocycles. The van der Waals surface area contributed by atoms with Gasteiger partial charge in [-0.1, -0.05) is 18.2 Å². The van der Waals surface area contributed by atoms with E-state index >= 15 is 0 Å². The molecular formula is C17H12FNO3. The van der Waals surface area contributed by atoms with Gasteiger partial charge in [-0.3, -0.25) is 4.79 Å². The van der Waals surface area contributed by atoms with Crippen LogP contribution >= 0.6 is 0 Å². The number of nitrogens with one attached hydrogen (secondary N) is 1. The standard InChI is InChI=1S/C17H12FNO3/c18-13-4-2-1-3-10(13)12-8-17(12)11-7-9(15(20)21)5-6-14(11)19-16(17)22/h1-7,12H,8H2,(H,19,22)(H,20,21)/t12-,17-/m1/s1. The summed E-state index contributed by atoms with van der Waals surface area (Å²) >= 11 is 0. The van der Waals surface area contributed by atoms with E-state index in [4.69, 9.17) is 5.11 Å². The molecule has 110 valence electrons. The maximum Gasteiger partial charge on any atom is 0.335 e. The number of carbonyl (C=O) groups excluding carboxylic acids is 1. The van der Waals surface area contributed by atoms with Crippen LogP contribution in [0.5, 0.6) is 0 Å². The number of amides is 1. The second-order valence-electron chi connectivity index (χ2n) is 5.77. The molecule has 22 heavy (non-hydrogen) atoms. The van der Waals surface area contributed by atoms with Crippen LogP contribution in [0.15, 0.2) is 42.5 Å². The molecule has 2 aliphatic rings. The van der Waals surface area contributed by atoms with Gasteiger partial charge in [0, 0.05) is 11.6 Å². The zero-order valence-corrected chi connectivity index (χ0v) is 11.5. The molecule has 0 saturated heterocycles. The molecule has 2 aromatic rings. The number of anilines is 1. The summed E-state index contributed by atoms with van der Waals surface area (Å²) in [6.07, 6.45) is 0.496. The Bertz CT molecular complexity index is 832. The lowest BCUT2D eigenvalue weighted by Crippen LogP contribution is -2.21. The highest BCUT2D eigenvalue weighted by Gasteiger charge is 2.65. The summed E-state index contributed by atoms with van der Waals surface area (Å²) in [5.74, 6) is -1.81. The summed E-state index contributed by atoms with van der Waals surface area (Å²) in [7, 11) is 0. The molecule has 2 atom stereocenters. The number of halogens is 1. The van der Waals surface area contributed by atoms with Gasteiger partial charge in [-0.15, -0.1) is 0 Å². The molecule has 5 heteroatoms. The van der Waals surface area contributed by atoms with E-state index in [-0.39, 0.29) is 23.2 Å². The molecular weight excluding hydrogens is 285 g/mol. The lowest BCUT2D eigenvalue weighted by Gasteiger charge is -2.10. The van der Waals surface area contributed by atoms with Crippen molar-refractivity contribution in [2.75, 3.05) is 5.32 Å². The van der Waals surface area contributed by atoms with Crippen LogP contribution in [0.25, 0.3) is 0 Å². The molecule has 0 aromatic heterocycles. The molecule has 2 N–H and O–H groups in total. The topological polar surface area (TPSA) is 66.4 Å². The predicted molar refractivity (Wildman–Crippen MR) is 77.5 cm³/mol. The van der Waals surface area contributed by atoms with Gasteiger partial charge in [0.15, 0.2) is 0 Å². The van der Waals surface area contributed by atoms with Gasteiger partial charge in [0.25, 0.3) is 0 Å². The number of carboxylic acids is 1. The van der Waals surface area contributed by atoms with E-state index in [1.165, 1.54) is 18.2 Å². The fraction of sp³-hybridized carbons (Fsp3) is 0.176. The number of benzene rings is 2. The maximum atomic E-state index is 14.0. The van der Waals surface area contributed by atoms with Crippen molar-refractivity contribution in [1.82, 2.24) is 0 Å². The molecule has 1 fully saturated rings. The summed E-state index contributed by atoms with van der Waals surface area (Å²) in [5.41, 5.74) is 1.09. The minimum atomic E-state index is -1.04. The fourth-order valence-electron chi connectivity index (χ4n) is 3.46. The molecule has 1 spiro atoms. The maximum absolute atomic E-state index is 14.0. The molecule has 0 unspecified atom stereocenters. The van der Waals surface area contributed by atoms with Crippen LogP contribution in [0.3, 0.4) is 0 Å². The number of hydrogen-bond donors (Lipinski definition) is 2. The van der Waals surface area contributed by atoms with Gasteiger partial charge in [-0.2, -0.15) is 0 Å². The first-order valence-electron chi connectivity index (χ1n) is 6.98. The minimum Gasteiger partial charge on any atom is -0.478 e. The fourth-order valence-corrected chi connectivity index (χ4v) is 3.46. The number of fused-ring (bicyclic) bond motifs is 2. The Labute approximate surface area is 125 Å². The van der Waals surface area contributed by atoms with Crippen molar-refractivity contribution in [3.8, 4) is 0 Å². The first-order chi connectivity index (χ1) is 10.5. The largest absolute Gasteiger partial charge is 0.478 e. The van der Waals surface area contributed by atoms with E-state index < -0.39 is 11.4 Å². The Morgan fingerprint density at radius 3 is 2.77 bits per heavy atom.